The monoisotopic (exact) mass is 156 g/mol. The first kappa shape index (κ1) is 7.61. The van der Waals surface area contributed by atoms with E-state index >= 15 is 0 Å². The van der Waals surface area contributed by atoms with E-state index in [2.05, 4.69) is 12.6 Å². The topological polar surface area (TPSA) is 0 Å². The molecule has 1 aromatic carbocycles. The van der Waals surface area contributed by atoms with Gasteiger partial charge in [-0.15, -0.1) is 12.6 Å². The highest BCUT2D eigenvalue weighted by molar-refractivity contribution is 7.80. The average molecular weight is 156 g/mol. The molecule has 1 rings (SSSR count). The zero-order valence-corrected chi connectivity index (χ0v) is 6.66. The number of rotatable bonds is 1. The largest absolute Gasteiger partial charge is 0.206 e. The molecule has 0 aliphatic heterocycles. The normalized spacial score (nSPS) is 9.90. The molecule has 0 fully saturated rings. The first-order chi connectivity index (χ1) is 4.74. The lowest BCUT2D eigenvalue weighted by Gasteiger charge is -1.97. The molecule has 0 atom stereocenters. The van der Waals surface area contributed by atoms with Crippen LogP contribution in [0.25, 0.3) is 0 Å². The van der Waals surface area contributed by atoms with Gasteiger partial charge in [0, 0.05) is 4.90 Å². The third-order valence-corrected chi connectivity index (χ3v) is 1.76. The summed E-state index contributed by atoms with van der Waals surface area (Å²) in [5.41, 5.74) is 1.12. The Bertz CT molecular complexity index is 233. The van der Waals surface area contributed by atoms with Crippen LogP contribution in [0.15, 0.2) is 23.1 Å². The molecule has 0 saturated heterocycles. The fourth-order valence-electron chi connectivity index (χ4n) is 0.778. The molecular formula is C8H9FS. The number of hydrogen-bond donors (Lipinski definition) is 1. The van der Waals surface area contributed by atoms with Crippen molar-refractivity contribution < 1.29 is 4.39 Å². The van der Waals surface area contributed by atoms with Crippen LogP contribution >= 0.6 is 12.6 Å². The van der Waals surface area contributed by atoms with Gasteiger partial charge >= 0.3 is 0 Å². The Morgan fingerprint density at radius 1 is 1.50 bits per heavy atom. The van der Waals surface area contributed by atoms with Gasteiger partial charge in [0.1, 0.15) is 5.82 Å². The van der Waals surface area contributed by atoms with Crippen LogP contribution in [0.4, 0.5) is 4.39 Å². The summed E-state index contributed by atoms with van der Waals surface area (Å²) >= 11 is 3.95. The molecule has 0 N–H and O–H groups in total. The quantitative estimate of drug-likeness (QED) is 0.594. The molecule has 10 heavy (non-hydrogen) atoms. The smallest absolute Gasteiger partial charge is 0.136 e. The molecule has 0 aromatic heterocycles. The van der Waals surface area contributed by atoms with Gasteiger partial charge in [-0.3, -0.25) is 0 Å². The van der Waals surface area contributed by atoms with Gasteiger partial charge in [-0.05, 0) is 24.1 Å². The van der Waals surface area contributed by atoms with Crippen molar-refractivity contribution in [2.75, 3.05) is 0 Å². The first-order valence-electron chi connectivity index (χ1n) is 3.21. The maximum absolute atomic E-state index is 12.6. The van der Waals surface area contributed by atoms with E-state index < -0.39 is 0 Å². The highest BCUT2D eigenvalue weighted by Gasteiger charge is 1.96. The standard InChI is InChI=1S/C8H9FS/c1-2-6-3-4-7(9)8(10)5-6/h3-5,10H,2H2,1H3. The third-order valence-electron chi connectivity index (χ3n) is 1.42. The third kappa shape index (κ3) is 1.51. The number of halogens is 1. The first-order valence-corrected chi connectivity index (χ1v) is 3.66. The van der Waals surface area contributed by atoms with Gasteiger partial charge in [-0.2, -0.15) is 0 Å². The van der Waals surface area contributed by atoms with Gasteiger partial charge < -0.3 is 0 Å². The van der Waals surface area contributed by atoms with Crippen LogP contribution in [-0.4, -0.2) is 0 Å². The van der Waals surface area contributed by atoms with Crippen LogP contribution < -0.4 is 0 Å². The number of aryl methyl sites for hydroxylation is 1. The van der Waals surface area contributed by atoms with Crippen LogP contribution in [0.3, 0.4) is 0 Å². The highest BCUT2D eigenvalue weighted by atomic mass is 32.1. The van der Waals surface area contributed by atoms with Crippen LogP contribution in [0, 0.1) is 5.82 Å². The van der Waals surface area contributed by atoms with Crippen LogP contribution in [0.1, 0.15) is 12.5 Å². The fraction of sp³-hybridized carbons (Fsp3) is 0.250. The molecule has 0 spiro atoms. The van der Waals surface area contributed by atoms with Gasteiger partial charge in [-0.1, -0.05) is 13.0 Å². The minimum Gasteiger partial charge on any atom is -0.206 e. The van der Waals surface area contributed by atoms with Crippen molar-refractivity contribution in [2.24, 2.45) is 0 Å². The molecule has 2 heteroatoms. The summed E-state index contributed by atoms with van der Waals surface area (Å²) < 4.78 is 12.6. The summed E-state index contributed by atoms with van der Waals surface area (Å²) in [5.74, 6) is -0.250. The van der Waals surface area contributed by atoms with E-state index in [1.54, 1.807) is 12.1 Å². The lowest BCUT2D eigenvalue weighted by atomic mass is 10.2. The Kier molecular flexibility index (Phi) is 2.33. The minimum atomic E-state index is -0.250. The van der Waals surface area contributed by atoms with Crippen molar-refractivity contribution in [1.82, 2.24) is 0 Å². The molecule has 0 unspecified atom stereocenters. The summed E-state index contributed by atoms with van der Waals surface area (Å²) in [6.07, 6.45) is 0.924. The van der Waals surface area contributed by atoms with E-state index in [1.165, 1.54) is 6.07 Å². The van der Waals surface area contributed by atoms with Gasteiger partial charge in [0.25, 0.3) is 0 Å². The van der Waals surface area contributed by atoms with E-state index in [-0.39, 0.29) is 5.82 Å². The summed E-state index contributed by atoms with van der Waals surface area (Å²) in [4.78, 5) is 0.430. The molecule has 0 aliphatic rings. The molecule has 0 saturated carbocycles. The van der Waals surface area contributed by atoms with E-state index in [0.717, 1.165) is 12.0 Å². The average Bonchev–Trinajstić information content (AvgIpc) is 1.95. The maximum Gasteiger partial charge on any atom is 0.136 e. The van der Waals surface area contributed by atoms with Crippen molar-refractivity contribution in [3.8, 4) is 0 Å². The maximum atomic E-state index is 12.6. The van der Waals surface area contributed by atoms with Crippen molar-refractivity contribution >= 4 is 12.6 Å². The van der Waals surface area contributed by atoms with Gasteiger partial charge in [-0.25, -0.2) is 4.39 Å². The minimum absolute atomic E-state index is 0.250. The fourth-order valence-corrected chi connectivity index (χ4v) is 1.02. The molecule has 0 radical (unpaired) electrons. The Morgan fingerprint density at radius 3 is 2.70 bits per heavy atom. The zero-order valence-electron chi connectivity index (χ0n) is 5.76. The molecule has 0 aliphatic carbocycles. The predicted molar refractivity (Wildman–Crippen MR) is 43.0 cm³/mol. The summed E-state index contributed by atoms with van der Waals surface area (Å²) in [5, 5.41) is 0. The second kappa shape index (κ2) is 3.06. The Hall–Kier alpha value is -0.500. The van der Waals surface area contributed by atoms with E-state index in [4.69, 9.17) is 0 Å². The van der Waals surface area contributed by atoms with Crippen LogP contribution in [-0.2, 0) is 6.42 Å². The van der Waals surface area contributed by atoms with E-state index in [9.17, 15) is 4.39 Å². The van der Waals surface area contributed by atoms with E-state index in [1.807, 2.05) is 6.92 Å². The summed E-state index contributed by atoms with van der Waals surface area (Å²) in [7, 11) is 0. The van der Waals surface area contributed by atoms with Crippen molar-refractivity contribution in [3.05, 3.63) is 29.6 Å². The molecule has 0 bridgehead atoms. The highest BCUT2D eigenvalue weighted by Crippen LogP contribution is 2.13. The molecule has 0 heterocycles. The summed E-state index contributed by atoms with van der Waals surface area (Å²) in [6.45, 7) is 2.03. The van der Waals surface area contributed by atoms with Crippen LogP contribution in [0.2, 0.25) is 0 Å². The second-order valence-electron chi connectivity index (χ2n) is 2.14. The Balaban J connectivity index is 3.04. The Morgan fingerprint density at radius 2 is 2.20 bits per heavy atom. The second-order valence-corrected chi connectivity index (χ2v) is 2.62. The van der Waals surface area contributed by atoms with Gasteiger partial charge in [0.2, 0.25) is 0 Å². The molecule has 0 nitrogen and oxygen atoms in total. The van der Waals surface area contributed by atoms with Gasteiger partial charge in [0.05, 0.1) is 0 Å². The lowest BCUT2D eigenvalue weighted by Crippen LogP contribution is -1.82. The number of benzene rings is 1. The Labute approximate surface area is 65.5 Å². The van der Waals surface area contributed by atoms with Crippen molar-refractivity contribution in [1.29, 1.82) is 0 Å². The molecule has 1 aromatic rings. The predicted octanol–water partition coefficient (Wildman–Crippen LogP) is 2.68. The van der Waals surface area contributed by atoms with Crippen LogP contribution in [0.5, 0.6) is 0 Å². The molecular weight excluding hydrogens is 147 g/mol. The molecule has 54 valence electrons. The SMILES string of the molecule is CCc1ccc(F)c(S)c1. The van der Waals surface area contributed by atoms with Gasteiger partial charge in [0.15, 0.2) is 0 Å². The molecule has 0 amide bonds. The lowest BCUT2D eigenvalue weighted by molar-refractivity contribution is 0.601. The van der Waals surface area contributed by atoms with E-state index in [0.29, 0.717) is 4.90 Å². The number of thiol groups is 1. The van der Waals surface area contributed by atoms with Crippen molar-refractivity contribution in [3.63, 3.8) is 0 Å². The van der Waals surface area contributed by atoms with Crippen molar-refractivity contribution in [2.45, 2.75) is 18.2 Å². The number of hydrogen-bond acceptors (Lipinski definition) is 1. The summed E-state index contributed by atoms with van der Waals surface area (Å²) in [6, 6.07) is 4.97. The zero-order chi connectivity index (χ0) is 7.56.